The highest BCUT2D eigenvalue weighted by molar-refractivity contribution is 6.51. The van der Waals surface area contributed by atoms with Gasteiger partial charge in [0.1, 0.15) is 7.28 Å². The summed E-state index contributed by atoms with van der Waals surface area (Å²) >= 11 is 0. The molecule has 2 aromatic carbocycles. The van der Waals surface area contributed by atoms with Crippen LogP contribution < -0.4 is 5.46 Å². The minimum atomic E-state index is 0.0308. The summed E-state index contributed by atoms with van der Waals surface area (Å²) in [6, 6.07) is 15.7. The summed E-state index contributed by atoms with van der Waals surface area (Å²) in [6.07, 6.45) is 3.47. The van der Waals surface area contributed by atoms with Crippen molar-refractivity contribution in [3.05, 3.63) is 71.3 Å². The molecule has 0 bridgehead atoms. The Morgan fingerprint density at radius 2 is 1.63 bits per heavy atom. The van der Waals surface area contributed by atoms with Gasteiger partial charge in [0, 0.05) is 5.56 Å². The number of hydrogen-bond donors (Lipinski definition) is 0. The molecular formula is C17H16BO. The van der Waals surface area contributed by atoms with E-state index in [0.717, 1.165) is 11.0 Å². The van der Waals surface area contributed by atoms with Crippen LogP contribution >= 0.6 is 0 Å². The lowest BCUT2D eigenvalue weighted by molar-refractivity contribution is 0.104. The van der Waals surface area contributed by atoms with Crippen molar-refractivity contribution in [2.75, 3.05) is 0 Å². The fourth-order valence-electron chi connectivity index (χ4n) is 1.79. The molecule has 1 radical (unpaired) electrons. The first-order valence-corrected chi connectivity index (χ1v) is 6.37. The Bertz CT molecular complexity index is 580. The van der Waals surface area contributed by atoms with Gasteiger partial charge in [-0.25, -0.2) is 0 Å². The number of carbonyl (C=O) groups is 1. The molecule has 2 aromatic rings. The third-order valence-corrected chi connectivity index (χ3v) is 3.03. The molecule has 0 unspecified atom stereocenters. The third kappa shape index (κ3) is 3.69. The molecule has 0 spiro atoms. The van der Waals surface area contributed by atoms with Crippen molar-refractivity contribution in [3.63, 3.8) is 0 Å². The monoisotopic (exact) mass is 247 g/mol. The van der Waals surface area contributed by atoms with E-state index < -0.39 is 0 Å². The molecule has 0 aliphatic carbocycles. The number of aryl methyl sites for hydroxylation is 1. The zero-order chi connectivity index (χ0) is 13.7. The number of ketones is 1. The van der Waals surface area contributed by atoms with Crippen molar-refractivity contribution in [2.24, 2.45) is 0 Å². The van der Waals surface area contributed by atoms with Crippen molar-refractivity contribution < 1.29 is 4.79 Å². The first-order valence-electron chi connectivity index (χ1n) is 6.37. The van der Waals surface area contributed by atoms with Crippen LogP contribution in [0.15, 0.2) is 54.6 Å². The Kier molecular flexibility index (Phi) is 4.35. The number of allylic oxidation sites excluding steroid dienone is 1. The van der Waals surface area contributed by atoms with Gasteiger partial charge in [-0.05, 0) is 18.6 Å². The lowest BCUT2D eigenvalue weighted by atomic mass is 9.73. The average Bonchev–Trinajstić information content (AvgIpc) is 2.46. The Hall–Kier alpha value is -2.09. The minimum Gasteiger partial charge on any atom is -0.289 e. The third-order valence-electron chi connectivity index (χ3n) is 3.03. The zero-order valence-corrected chi connectivity index (χ0v) is 11.3. The van der Waals surface area contributed by atoms with Crippen molar-refractivity contribution in [1.82, 2.24) is 0 Å². The van der Waals surface area contributed by atoms with E-state index in [9.17, 15) is 4.79 Å². The predicted molar refractivity (Wildman–Crippen MR) is 82.2 cm³/mol. The lowest BCUT2D eigenvalue weighted by Crippen LogP contribution is -2.10. The normalized spacial score (nSPS) is 10.6. The van der Waals surface area contributed by atoms with E-state index in [2.05, 4.69) is 0 Å². The molecule has 19 heavy (non-hydrogen) atoms. The number of hydrogen-bond acceptors (Lipinski definition) is 1. The van der Waals surface area contributed by atoms with E-state index in [1.54, 1.807) is 6.08 Å². The molecule has 0 aliphatic heterocycles. The van der Waals surface area contributed by atoms with E-state index in [4.69, 9.17) is 0 Å². The van der Waals surface area contributed by atoms with E-state index >= 15 is 0 Å². The topological polar surface area (TPSA) is 17.1 Å². The fourth-order valence-corrected chi connectivity index (χ4v) is 1.79. The van der Waals surface area contributed by atoms with Crippen LogP contribution in [0.1, 0.15) is 21.5 Å². The van der Waals surface area contributed by atoms with Gasteiger partial charge >= 0.3 is 0 Å². The standard InChI is InChI=1S/C17H16BO/c1-13-3-5-14(6-4-13)7-12-17(19)15-8-10-16(18-2)11-9-15/h3-12H,1-2H3/b12-7+. The van der Waals surface area contributed by atoms with Crippen LogP contribution in [0, 0.1) is 6.92 Å². The highest BCUT2D eigenvalue weighted by atomic mass is 16.1. The second-order valence-electron chi connectivity index (χ2n) is 4.52. The van der Waals surface area contributed by atoms with Crippen LogP contribution in [-0.4, -0.2) is 13.1 Å². The molecule has 0 aliphatic rings. The summed E-state index contributed by atoms with van der Waals surface area (Å²) in [6.45, 7) is 4.03. The van der Waals surface area contributed by atoms with Crippen LogP contribution in [0.2, 0.25) is 6.82 Å². The van der Waals surface area contributed by atoms with Gasteiger partial charge in [-0.2, -0.15) is 0 Å². The Balaban J connectivity index is 2.09. The molecule has 2 heteroatoms. The second kappa shape index (κ2) is 6.19. The maximum absolute atomic E-state index is 12.0. The smallest absolute Gasteiger partial charge is 0.185 e. The molecular weight excluding hydrogens is 231 g/mol. The van der Waals surface area contributed by atoms with E-state index in [0.29, 0.717) is 5.56 Å². The number of benzene rings is 2. The summed E-state index contributed by atoms with van der Waals surface area (Å²) in [4.78, 5) is 12.0. The van der Waals surface area contributed by atoms with Gasteiger partial charge in [-0.3, -0.25) is 4.79 Å². The van der Waals surface area contributed by atoms with Crippen molar-refractivity contribution in [2.45, 2.75) is 13.7 Å². The molecule has 0 aromatic heterocycles. The van der Waals surface area contributed by atoms with Gasteiger partial charge in [0.15, 0.2) is 5.78 Å². The summed E-state index contributed by atoms with van der Waals surface area (Å²) in [5, 5.41) is 0. The minimum absolute atomic E-state index is 0.0308. The fraction of sp³-hybridized carbons (Fsp3) is 0.118. The average molecular weight is 247 g/mol. The van der Waals surface area contributed by atoms with E-state index in [-0.39, 0.29) is 5.78 Å². The van der Waals surface area contributed by atoms with Crippen molar-refractivity contribution in [3.8, 4) is 0 Å². The summed E-state index contributed by atoms with van der Waals surface area (Å²) in [5.74, 6) is 0.0308. The SMILES string of the molecule is C[B]c1ccc(C(=O)/C=C/c2ccc(C)cc2)cc1. The van der Waals surface area contributed by atoms with Crippen LogP contribution in [-0.2, 0) is 0 Å². The molecule has 0 atom stereocenters. The highest BCUT2D eigenvalue weighted by Crippen LogP contribution is 2.07. The van der Waals surface area contributed by atoms with Gasteiger partial charge in [0.2, 0.25) is 0 Å². The molecule has 0 saturated heterocycles. The maximum Gasteiger partial charge on any atom is 0.185 e. The molecule has 93 valence electrons. The number of rotatable bonds is 4. The zero-order valence-electron chi connectivity index (χ0n) is 11.3. The van der Waals surface area contributed by atoms with Crippen LogP contribution in [0.25, 0.3) is 6.08 Å². The molecule has 0 heterocycles. The summed E-state index contributed by atoms with van der Waals surface area (Å²) in [5.41, 5.74) is 4.10. The maximum atomic E-state index is 12.0. The Morgan fingerprint density at radius 1 is 1.00 bits per heavy atom. The molecule has 0 saturated carbocycles. The van der Waals surface area contributed by atoms with Gasteiger partial charge in [0.05, 0.1) is 0 Å². The Labute approximate surface area is 115 Å². The second-order valence-corrected chi connectivity index (χ2v) is 4.52. The van der Waals surface area contributed by atoms with Crippen molar-refractivity contribution >= 4 is 24.6 Å². The molecule has 0 fully saturated rings. The van der Waals surface area contributed by atoms with Gasteiger partial charge in [0.25, 0.3) is 0 Å². The number of carbonyl (C=O) groups excluding carboxylic acids is 1. The van der Waals surface area contributed by atoms with Crippen LogP contribution in [0.5, 0.6) is 0 Å². The largest absolute Gasteiger partial charge is 0.289 e. The van der Waals surface area contributed by atoms with Crippen LogP contribution in [0.3, 0.4) is 0 Å². The Morgan fingerprint density at radius 3 is 2.21 bits per heavy atom. The van der Waals surface area contributed by atoms with Gasteiger partial charge < -0.3 is 0 Å². The summed E-state index contributed by atoms with van der Waals surface area (Å²) < 4.78 is 0. The van der Waals surface area contributed by atoms with Crippen molar-refractivity contribution in [1.29, 1.82) is 0 Å². The lowest BCUT2D eigenvalue weighted by Gasteiger charge is -1.99. The molecule has 0 amide bonds. The first kappa shape index (κ1) is 13.3. The molecule has 1 nitrogen and oxygen atoms in total. The van der Waals surface area contributed by atoms with Crippen LogP contribution in [0.4, 0.5) is 0 Å². The summed E-state index contributed by atoms with van der Waals surface area (Å²) in [7, 11) is 2.01. The van der Waals surface area contributed by atoms with Gasteiger partial charge in [-0.1, -0.05) is 72.5 Å². The van der Waals surface area contributed by atoms with E-state index in [1.165, 1.54) is 5.56 Å². The predicted octanol–water partition coefficient (Wildman–Crippen LogP) is 3.27. The van der Waals surface area contributed by atoms with Gasteiger partial charge in [-0.15, -0.1) is 0 Å². The molecule has 0 N–H and O–H groups in total. The highest BCUT2D eigenvalue weighted by Gasteiger charge is 2.01. The quantitative estimate of drug-likeness (QED) is 0.460. The molecule has 2 rings (SSSR count). The van der Waals surface area contributed by atoms with E-state index in [1.807, 2.05) is 75.6 Å². The first-order chi connectivity index (χ1) is 9.19.